The molecule has 8 heteroatoms. The van der Waals surface area contributed by atoms with Gasteiger partial charge in [0.25, 0.3) is 10.0 Å². The molecule has 7 nitrogen and oxygen atoms in total. The number of aromatic hydroxyl groups is 1. The lowest BCUT2D eigenvalue weighted by atomic mass is 9.86. The van der Waals surface area contributed by atoms with Gasteiger partial charge in [0, 0.05) is 23.6 Å². The molecule has 2 atom stereocenters. The zero-order valence-electron chi connectivity index (χ0n) is 22.1. The fourth-order valence-corrected chi connectivity index (χ4v) is 6.21. The van der Waals surface area contributed by atoms with Crippen molar-refractivity contribution in [1.82, 2.24) is 0 Å². The van der Waals surface area contributed by atoms with E-state index in [1.165, 1.54) is 24.3 Å². The Kier molecular flexibility index (Phi) is 7.76. The van der Waals surface area contributed by atoms with Crippen LogP contribution < -0.4 is 10.3 Å². The Bertz CT molecular complexity index is 1700. The second kappa shape index (κ2) is 11.4. The molecule has 0 bridgehead atoms. The highest BCUT2D eigenvalue weighted by molar-refractivity contribution is 7.92. The molecule has 0 unspecified atom stereocenters. The van der Waals surface area contributed by atoms with Crippen LogP contribution in [0.25, 0.3) is 0 Å². The normalized spacial score (nSPS) is 14.7. The minimum absolute atomic E-state index is 0.0329. The monoisotopic (exact) mass is 554 g/mol. The highest BCUT2D eigenvalue weighted by Crippen LogP contribution is 2.48. The van der Waals surface area contributed by atoms with Gasteiger partial charge in [-0.3, -0.25) is 4.72 Å². The fraction of sp³-hybridized carbons (Fsp3) is 0.250. The van der Waals surface area contributed by atoms with Crippen molar-refractivity contribution in [3.63, 3.8) is 0 Å². The predicted molar refractivity (Wildman–Crippen MR) is 153 cm³/mol. The minimum Gasteiger partial charge on any atom is -0.507 e. The summed E-state index contributed by atoms with van der Waals surface area (Å²) in [5.41, 5.74) is 2.17. The lowest BCUT2D eigenvalue weighted by molar-refractivity contribution is 0.379. The number of hydrogen-bond acceptors (Lipinski definition) is 6. The minimum atomic E-state index is -3.90. The van der Waals surface area contributed by atoms with Crippen molar-refractivity contribution in [2.24, 2.45) is 5.92 Å². The van der Waals surface area contributed by atoms with E-state index in [4.69, 9.17) is 9.68 Å². The maximum absolute atomic E-state index is 13.4. The molecule has 0 spiro atoms. The van der Waals surface area contributed by atoms with Crippen molar-refractivity contribution in [2.75, 3.05) is 4.72 Å². The smallest absolute Gasteiger partial charge is 0.343 e. The standard InChI is InChI=1S/C32H30N2O5S/c1-2-23(17-21-7-4-3-5-8-21)29-19-28(35)31(32(36)39-29)30(24-13-14-24)25-9-6-10-26(18-25)34-40(37,38)27-15-11-22(20-33)12-16-27/h3-12,15-16,18-19,23-24,30,34-35H,2,13-14,17H2,1H3/t23-,30+/m1/s1. The first-order chi connectivity index (χ1) is 19.3. The average molecular weight is 555 g/mol. The third-order valence-corrected chi connectivity index (χ3v) is 8.80. The number of rotatable bonds is 10. The molecule has 40 heavy (non-hydrogen) atoms. The zero-order valence-corrected chi connectivity index (χ0v) is 22.9. The average Bonchev–Trinajstić information content (AvgIpc) is 3.79. The Labute approximate surface area is 233 Å². The third-order valence-electron chi connectivity index (χ3n) is 7.40. The molecule has 2 N–H and O–H groups in total. The van der Waals surface area contributed by atoms with Crippen molar-refractivity contribution in [1.29, 1.82) is 5.26 Å². The van der Waals surface area contributed by atoms with Crippen LogP contribution in [-0.4, -0.2) is 13.5 Å². The van der Waals surface area contributed by atoms with Gasteiger partial charge in [-0.2, -0.15) is 5.26 Å². The van der Waals surface area contributed by atoms with Gasteiger partial charge in [0.15, 0.2) is 0 Å². The summed E-state index contributed by atoms with van der Waals surface area (Å²) in [6.45, 7) is 2.02. The Balaban J connectivity index is 1.44. The summed E-state index contributed by atoms with van der Waals surface area (Å²) < 4.78 is 34.4. The Morgan fingerprint density at radius 3 is 2.38 bits per heavy atom. The second-order valence-corrected chi connectivity index (χ2v) is 11.9. The largest absolute Gasteiger partial charge is 0.507 e. The summed E-state index contributed by atoms with van der Waals surface area (Å²) in [6, 6.07) is 26.0. The molecule has 1 aliphatic carbocycles. The van der Waals surface area contributed by atoms with Crippen LogP contribution in [0.3, 0.4) is 0 Å². The first-order valence-corrected chi connectivity index (χ1v) is 14.8. The van der Waals surface area contributed by atoms with E-state index in [2.05, 4.69) is 4.72 Å². The maximum atomic E-state index is 13.4. The number of sulfonamides is 1. The van der Waals surface area contributed by atoms with Gasteiger partial charge in [-0.05, 0) is 79.1 Å². The molecule has 0 aliphatic heterocycles. The number of benzene rings is 3. The summed E-state index contributed by atoms with van der Waals surface area (Å²) in [7, 11) is -3.90. The SMILES string of the molecule is CC[C@H](Cc1ccccc1)c1cc(O)c([C@H](c2cccc(NS(=O)(=O)c3ccc(C#N)cc3)c2)C2CC2)c(=O)o1. The maximum Gasteiger partial charge on any atom is 0.343 e. The number of nitrogens with one attached hydrogen (secondary N) is 1. The molecule has 5 rings (SSSR count). The van der Waals surface area contributed by atoms with Crippen LogP contribution >= 0.6 is 0 Å². The van der Waals surface area contributed by atoms with E-state index in [9.17, 15) is 18.3 Å². The predicted octanol–water partition coefficient (Wildman–Crippen LogP) is 6.30. The quantitative estimate of drug-likeness (QED) is 0.237. The van der Waals surface area contributed by atoms with E-state index < -0.39 is 21.6 Å². The molecule has 204 valence electrons. The van der Waals surface area contributed by atoms with Gasteiger partial charge in [0.05, 0.1) is 22.1 Å². The molecule has 1 fully saturated rings. The molecular formula is C32H30N2O5S. The van der Waals surface area contributed by atoms with Crippen molar-refractivity contribution >= 4 is 15.7 Å². The molecule has 1 saturated carbocycles. The molecule has 1 heterocycles. The Morgan fingerprint density at radius 2 is 1.75 bits per heavy atom. The first kappa shape index (κ1) is 27.2. The van der Waals surface area contributed by atoms with E-state index in [1.807, 2.05) is 49.4 Å². The second-order valence-electron chi connectivity index (χ2n) is 10.2. The van der Waals surface area contributed by atoms with Gasteiger partial charge in [-0.25, -0.2) is 13.2 Å². The topological polar surface area (TPSA) is 120 Å². The van der Waals surface area contributed by atoms with E-state index in [-0.39, 0.29) is 28.0 Å². The zero-order chi connectivity index (χ0) is 28.3. The van der Waals surface area contributed by atoms with Crippen LogP contribution in [0.5, 0.6) is 5.75 Å². The van der Waals surface area contributed by atoms with E-state index in [0.29, 0.717) is 29.0 Å². The lowest BCUT2D eigenvalue weighted by Crippen LogP contribution is -2.18. The van der Waals surface area contributed by atoms with Crippen LogP contribution in [-0.2, 0) is 16.4 Å². The van der Waals surface area contributed by atoms with Crippen molar-refractivity contribution < 1.29 is 17.9 Å². The summed E-state index contributed by atoms with van der Waals surface area (Å²) in [6.07, 6.45) is 3.20. The van der Waals surface area contributed by atoms with Crippen molar-refractivity contribution in [3.05, 3.63) is 123 Å². The van der Waals surface area contributed by atoms with Crippen LogP contribution in [0.15, 0.2) is 99.0 Å². The van der Waals surface area contributed by atoms with Crippen LogP contribution in [0, 0.1) is 17.2 Å². The summed E-state index contributed by atoms with van der Waals surface area (Å²) in [5.74, 6) is -0.00104. The number of hydrogen-bond donors (Lipinski definition) is 2. The Hall–Kier alpha value is -4.35. The van der Waals surface area contributed by atoms with E-state index >= 15 is 0 Å². The highest BCUT2D eigenvalue weighted by atomic mass is 32.2. The highest BCUT2D eigenvalue weighted by Gasteiger charge is 2.38. The van der Waals surface area contributed by atoms with E-state index in [0.717, 1.165) is 24.8 Å². The molecule has 4 aromatic rings. The number of anilines is 1. The summed E-state index contributed by atoms with van der Waals surface area (Å²) in [4.78, 5) is 13.4. The van der Waals surface area contributed by atoms with Crippen molar-refractivity contribution in [2.45, 2.75) is 49.3 Å². The van der Waals surface area contributed by atoms with Gasteiger partial charge in [0.1, 0.15) is 11.5 Å². The van der Waals surface area contributed by atoms with Gasteiger partial charge in [-0.1, -0.05) is 49.4 Å². The summed E-state index contributed by atoms with van der Waals surface area (Å²) in [5, 5.41) is 20.1. The van der Waals surface area contributed by atoms with Crippen LogP contribution in [0.4, 0.5) is 5.69 Å². The molecule has 0 amide bonds. The molecule has 0 radical (unpaired) electrons. The van der Waals surface area contributed by atoms with Crippen molar-refractivity contribution in [3.8, 4) is 11.8 Å². The molecule has 1 aromatic heterocycles. The molecule has 1 aliphatic rings. The lowest BCUT2D eigenvalue weighted by Gasteiger charge is -2.20. The van der Waals surface area contributed by atoms with Gasteiger partial charge in [0.2, 0.25) is 0 Å². The fourth-order valence-electron chi connectivity index (χ4n) is 5.16. The first-order valence-electron chi connectivity index (χ1n) is 13.3. The third kappa shape index (κ3) is 5.95. The summed E-state index contributed by atoms with van der Waals surface area (Å²) >= 11 is 0. The Morgan fingerprint density at radius 1 is 1.02 bits per heavy atom. The van der Waals surface area contributed by atoms with Gasteiger partial charge >= 0.3 is 5.63 Å². The van der Waals surface area contributed by atoms with Gasteiger partial charge < -0.3 is 9.52 Å². The molecule has 0 saturated heterocycles. The molecule has 3 aromatic carbocycles. The number of nitrogens with zero attached hydrogens (tertiary/aromatic N) is 1. The van der Waals surface area contributed by atoms with Crippen LogP contribution in [0.1, 0.15) is 66.0 Å². The number of nitriles is 1. The molecular weight excluding hydrogens is 524 g/mol. The van der Waals surface area contributed by atoms with Crippen LogP contribution in [0.2, 0.25) is 0 Å². The van der Waals surface area contributed by atoms with Gasteiger partial charge in [-0.15, -0.1) is 0 Å². The van der Waals surface area contributed by atoms with E-state index in [1.54, 1.807) is 24.3 Å².